The third kappa shape index (κ3) is 3.52. The first kappa shape index (κ1) is 15.5. The zero-order valence-electron chi connectivity index (χ0n) is 12.2. The molecule has 22 heavy (non-hydrogen) atoms. The average Bonchev–Trinajstić information content (AvgIpc) is 3.02. The predicted molar refractivity (Wildman–Crippen MR) is 90.8 cm³/mol. The lowest BCUT2D eigenvalue weighted by Gasteiger charge is -2.15. The Bertz CT molecular complexity index is 693. The largest absolute Gasteiger partial charge is 0.299 e. The fourth-order valence-corrected chi connectivity index (χ4v) is 3.11. The highest BCUT2D eigenvalue weighted by molar-refractivity contribution is 6.42. The van der Waals surface area contributed by atoms with Gasteiger partial charge in [-0.15, -0.1) is 0 Å². The van der Waals surface area contributed by atoms with Crippen LogP contribution in [-0.2, 0) is 6.54 Å². The predicted octanol–water partition coefficient (Wildman–Crippen LogP) is 4.82. The molecule has 0 unspecified atom stereocenters. The molecule has 0 atom stereocenters. The molecular weight excluding hydrogens is 317 g/mol. The number of halogens is 2. The third-order valence-corrected chi connectivity index (χ3v) is 4.71. The Kier molecular flexibility index (Phi) is 4.82. The van der Waals surface area contributed by atoms with E-state index in [1.165, 1.54) is 18.4 Å². The summed E-state index contributed by atoms with van der Waals surface area (Å²) in [5.74, 6) is -0.0261. The zero-order chi connectivity index (χ0) is 15.5. The van der Waals surface area contributed by atoms with Crippen molar-refractivity contribution in [2.75, 3.05) is 13.1 Å². The van der Waals surface area contributed by atoms with Crippen molar-refractivity contribution in [1.82, 2.24) is 4.90 Å². The molecule has 0 bridgehead atoms. The van der Waals surface area contributed by atoms with Crippen molar-refractivity contribution >= 4 is 29.0 Å². The van der Waals surface area contributed by atoms with Crippen LogP contribution in [-0.4, -0.2) is 23.8 Å². The fourth-order valence-electron chi connectivity index (χ4n) is 2.81. The second kappa shape index (κ2) is 6.82. The summed E-state index contributed by atoms with van der Waals surface area (Å²) < 4.78 is 0. The van der Waals surface area contributed by atoms with Gasteiger partial charge in [0.1, 0.15) is 0 Å². The molecule has 1 heterocycles. The molecule has 2 aromatic carbocycles. The van der Waals surface area contributed by atoms with Gasteiger partial charge in [0.2, 0.25) is 0 Å². The highest BCUT2D eigenvalue weighted by Crippen LogP contribution is 2.24. The SMILES string of the molecule is O=C(c1cccc(CN2CCCC2)c1)c1ccc(Cl)c(Cl)c1. The van der Waals surface area contributed by atoms with Gasteiger partial charge >= 0.3 is 0 Å². The van der Waals surface area contributed by atoms with E-state index in [2.05, 4.69) is 11.0 Å². The van der Waals surface area contributed by atoms with Crippen LogP contribution in [0.15, 0.2) is 42.5 Å². The molecule has 1 saturated heterocycles. The van der Waals surface area contributed by atoms with E-state index in [4.69, 9.17) is 23.2 Å². The number of ketones is 1. The number of hydrogen-bond donors (Lipinski definition) is 0. The van der Waals surface area contributed by atoms with E-state index in [1.54, 1.807) is 18.2 Å². The summed E-state index contributed by atoms with van der Waals surface area (Å²) in [7, 11) is 0. The monoisotopic (exact) mass is 333 g/mol. The first-order chi connectivity index (χ1) is 10.6. The van der Waals surface area contributed by atoms with Crippen LogP contribution in [0.25, 0.3) is 0 Å². The molecule has 0 saturated carbocycles. The maximum Gasteiger partial charge on any atom is 0.193 e. The molecule has 0 N–H and O–H groups in total. The van der Waals surface area contributed by atoms with Crippen LogP contribution in [0.5, 0.6) is 0 Å². The van der Waals surface area contributed by atoms with Crippen molar-refractivity contribution in [3.63, 3.8) is 0 Å². The molecule has 114 valence electrons. The van der Waals surface area contributed by atoms with Crippen LogP contribution in [0.4, 0.5) is 0 Å². The minimum atomic E-state index is -0.0261. The van der Waals surface area contributed by atoms with Gasteiger partial charge in [-0.3, -0.25) is 9.69 Å². The number of benzene rings is 2. The Morgan fingerprint density at radius 1 is 0.955 bits per heavy atom. The van der Waals surface area contributed by atoms with Gasteiger partial charge in [0.25, 0.3) is 0 Å². The lowest BCUT2D eigenvalue weighted by Crippen LogP contribution is -2.18. The molecule has 1 aliphatic rings. The minimum Gasteiger partial charge on any atom is -0.299 e. The van der Waals surface area contributed by atoms with Gasteiger partial charge in [-0.05, 0) is 55.8 Å². The molecule has 2 nitrogen and oxygen atoms in total. The van der Waals surface area contributed by atoms with Crippen molar-refractivity contribution in [3.05, 3.63) is 69.2 Å². The highest BCUT2D eigenvalue weighted by Gasteiger charge is 2.14. The van der Waals surface area contributed by atoms with Crippen LogP contribution in [0.3, 0.4) is 0 Å². The van der Waals surface area contributed by atoms with E-state index in [0.717, 1.165) is 19.6 Å². The Balaban J connectivity index is 1.81. The number of rotatable bonds is 4. The molecule has 0 aromatic heterocycles. The number of nitrogens with zero attached hydrogens (tertiary/aromatic N) is 1. The molecule has 1 aliphatic heterocycles. The van der Waals surface area contributed by atoms with E-state index < -0.39 is 0 Å². The smallest absolute Gasteiger partial charge is 0.193 e. The quantitative estimate of drug-likeness (QED) is 0.747. The Labute approximate surface area is 140 Å². The van der Waals surface area contributed by atoms with Gasteiger partial charge in [0.15, 0.2) is 5.78 Å². The standard InChI is InChI=1S/C18H17Cl2NO/c19-16-7-6-15(11-17(16)20)18(22)14-5-3-4-13(10-14)12-21-8-1-2-9-21/h3-7,10-11H,1-2,8-9,12H2. The normalized spacial score (nSPS) is 15.2. The molecule has 0 radical (unpaired) electrons. The van der Waals surface area contributed by atoms with Gasteiger partial charge in [-0.1, -0.05) is 41.4 Å². The highest BCUT2D eigenvalue weighted by atomic mass is 35.5. The van der Waals surface area contributed by atoms with Crippen molar-refractivity contribution < 1.29 is 4.79 Å². The summed E-state index contributed by atoms with van der Waals surface area (Å²) in [5.41, 5.74) is 2.43. The third-order valence-electron chi connectivity index (χ3n) is 3.98. The number of hydrogen-bond acceptors (Lipinski definition) is 2. The molecule has 0 aliphatic carbocycles. The lowest BCUT2D eigenvalue weighted by atomic mass is 10.0. The zero-order valence-corrected chi connectivity index (χ0v) is 13.7. The molecule has 2 aromatic rings. The summed E-state index contributed by atoms with van der Waals surface area (Å²) in [6.07, 6.45) is 2.53. The number of carbonyl (C=O) groups is 1. The van der Waals surface area contributed by atoms with Crippen molar-refractivity contribution in [3.8, 4) is 0 Å². The van der Waals surface area contributed by atoms with E-state index in [9.17, 15) is 4.79 Å². The summed E-state index contributed by atoms with van der Waals surface area (Å²) >= 11 is 11.9. The lowest BCUT2D eigenvalue weighted by molar-refractivity contribution is 0.103. The van der Waals surface area contributed by atoms with Crippen LogP contribution in [0.1, 0.15) is 34.3 Å². The Hall–Kier alpha value is -1.35. The van der Waals surface area contributed by atoms with Gasteiger partial charge in [-0.25, -0.2) is 0 Å². The first-order valence-electron chi connectivity index (χ1n) is 7.44. The minimum absolute atomic E-state index is 0.0261. The van der Waals surface area contributed by atoms with Gasteiger partial charge in [-0.2, -0.15) is 0 Å². The van der Waals surface area contributed by atoms with Gasteiger partial charge in [0, 0.05) is 17.7 Å². The van der Waals surface area contributed by atoms with E-state index in [-0.39, 0.29) is 5.78 Å². The number of carbonyl (C=O) groups excluding carboxylic acids is 1. The maximum absolute atomic E-state index is 12.6. The molecule has 0 spiro atoms. The van der Waals surface area contributed by atoms with Crippen molar-refractivity contribution in [1.29, 1.82) is 0 Å². The van der Waals surface area contributed by atoms with Crippen molar-refractivity contribution in [2.45, 2.75) is 19.4 Å². The van der Waals surface area contributed by atoms with E-state index >= 15 is 0 Å². The maximum atomic E-state index is 12.6. The summed E-state index contributed by atoms with van der Waals surface area (Å²) in [6, 6.07) is 12.8. The van der Waals surface area contributed by atoms with Crippen LogP contribution in [0.2, 0.25) is 10.0 Å². The fraction of sp³-hybridized carbons (Fsp3) is 0.278. The van der Waals surface area contributed by atoms with Crippen LogP contribution < -0.4 is 0 Å². The summed E-state index contributed by atoms with van der Waals surface area (Å²) in [4.78, 5) is 15.0. The summed E-state index contributed by atoms with van der Waals surface area (Å²) in [6.45, 7) is 3.19. The molecular formula is C18H17Cl2NO. The van der Waals surface area contributed by atoms with Gasteiger partial charge in [0.05, 0.1) is 10.0 Å². The second-order valence-corrected chi connectivity index (χ2v) is 6.46. The van der Waals surface area contributed by atoms with E-state index in [1.807, 2.05) is 18.2 Å². The summed E-state index contributed by atoms with van der Waals surface area (Å²) in [5, 5.41) is 0.863. The van der Waals surface area contributed by atoms with Crippen molar-refractivity contribution in [2.24, 2.45) is 0 Å². The Morgan fingerprint density at radius 2 is 1.68 bits per heavy atom. The first-order valence-corrected chi connectivity index (χ1v) is 8.20. The molecule has 4 heteroatoms. The Morgan fingerprint density at radius 3 is 2.41 bits per heavy atom. The average molecular weight is 334 g/mol. The van der Waals surface area contributed by atoms with Crippen LogP contribution in [0, 0.1) is 0 Å². The topological polar surface area (TPSA) is 20.3 Å². The van der Waals surface area contributed by atoms with E-state index in [0.29, 0.717) is 21.2 Å². The second-order valence-electron chi connectivity index (χ2n) is 5.64. The molecule has 3 rings (SSSR count). The van der Waals surface area contributed by atoms with Gasteiger partial charge < -0.3 is 0 Å². The number of likely N-dealkylation sites (tertiary alicyclic amines) is 1. The van der Waals surface area contributed by atoms with Crippen LogP contribution >= 0.6 is 23.2 Å². The molecule has 0 amide bonds. The molecule has 1 fully saturated rings.